The van der Waals surface area contributed by atoms with Crippen molar-refractivity contribution in [2.45, 2.75) is 73.3 Å². The molecule has 0 spiro atoms. The minimum Gasteiger partial charge on any atom is -0.396 e. The fraction of sp³-hybridized carbons (Fsp3) is 1.00. The van der Waals surface area contributed by atoms with Gasteiger partial charge in [-0.1, -0.05) is 34.1 Å². The van der Waals surface area contributed by atoms with Gasteiger partial charge in [0.2, 0.25) is 0 Å². The van der Waals surface area contributed by atoms with Crippen LogP contribution in [0.5, 0.6) is 0 Å². The molecule has 0 aliphatic rings. The fourth-order valence-corrected chi connectivity index (χ4v) is 0.416. The van der Waals surface area contributed by atoms with Crippen molar-refractivity contribution in [2.24, 2.45) is 5.92 Å². The summed E-state index contributed by atoms with van der Waals surface area (Å²) >= 11 is 0. The van der Waals surface area contributed by atoms with Gasteiger partial charge >= 0.3 is 0 Å². The van der Waals surface area contributed by atoms with Crippen LogP contribution in [0.15, 0.2) is 0 Å². The van der Waals surface area contributed by atoms with Gasteiger partial charge < -0.3 is 20.4 Å². The van der Waals surface area contributed by atoms with Crippen molar-refractivity contribution in [3.8, 4) is 0 Å². The summed E-state index contributed by atoms with van der Waals surface area (Å²) in [5, 5.41) is 32.2. The second kappa shape index (κ2) is 30.7. The van der Waals surface area contributed by atoms with Gasteiger partial charge in [-0.2, -0.15) is 0 Å². The van der Waals surface area contributed by atoms with Gasteiger partial charge in [0.1, 0.15) is 0 Å². The molecule has 0 aromatic rings. The van der Waals surface area contributed by atoms with Crippen molar-refractivity contribution in [3.05, 3.63) is 0 Å². The molecule has 0 aromatic heterocycles. The molecule has 0 rings (SSSR count). The molecule has 19 heavy (non-hydrogen) atoms. The van der Waals surface area contributed by atoms with E-state index in [2.05, 4.69) is 20.8 Å². The number of aliphatic hydroxyl groups is 4. The first-order chi connectivity index (χ1) is 8.83. The Morgan fingerprint density at radius 1 is 0.737 bits per heavy atom. The molecule has 4 heteroatoms. The molecular formula is C15H38O4. The van der Waals surface area contributed by atoms with Gasteiger partial charge in [-0.25, -0.2) is 0 Å². The Kier molecular flexibility index (Phi) is 44.0. The zero-order valence-corrected chi connectivity index (χ0v) is 13.9. The van der Waals surface area contributed by atoms with Gasteiger partial charge in [0.25, 0.3) is 0 Å². The molecule has 0 radical (unpaired) electrons. The van der Waals surface area contributed by atoms with Gasteiger partial charge in [0, 0.05) is 25.9 Å². The van der Waals surface area contributed by atoms with E-state index >= 15 is 0 Å². The highest BCUT2D eigenvalue weighted by Crippen LogP contribution is 1.94. The maximum atomic E-state index is 8.24. The maximum Gasteiger partial charge on any atom is 0.0483 e. The van der Waals surface area contributed by atoms with Crippen LogP contribution < -0.4 is 0 Å². The standard InChI is InChI=1S/C5H12O.C4H10O.2C3H8O/c1-5(2)3-4-6;1-2-3-4-5;1-3(2)4;1-2-3-4/h5-6H,3-4H2,1-2H3;5H,2-4H2,1H3;3-4H,1-2H3;4H,2-3H2,1H3. The van der Waals surface area contributed by atoms with E-state index in [1.807, 2.05) is 6.92 Å². The summed E-state index contributed by atoms with van der Waals surface area (Å²) in [6.07, 6.45) is 3.68. The minimum absolute atomic E-state index is 0.167. The highest BCUT2D eigenvalue weighted by atomic mass is 16.3. The molecule has 122 valence electrons. The summed E-state index contributed by atoms with van der Waals surface area (Å²) in [4.78, 5) is 0. The molecule has 4 N–H and O–H groups in total. The summed E-state index contributed by atoms with van der Waals surface area (Å²) in [5.74, 6) is 0.648. The van der Waals surface area contributed by atoms with E-state index < -0.39 is 0 Å². The quantitative estimate of drug-likeness (QED) is 0.625. The molecule has 0 aliphatic heterocycles. The Labute approximate surface area is 120 Å². The number of unbranched alkanes of at least 4 members (excludes halogenated alkanes) is 1. The highest BCUT2D eigenvalue weighted by molar-refractivity contribution is 4.38. The zero-order valence-electron chi connectivity index (χ0n) is 13.9. The summed E-state index contributed by atoms with van der Waals surface area (Å²) in [5.41, 5.74) is 0. The Balaban J connectivity index is -0.0000000803. The molecule has 0 saturated carbocycles. The monoisotopic (exact) mass is 282 g/mol. The predicted molar refractivity (Wildman–Crippen MR) is 83.3 cm³/mol. The predicted octanol–water partition coefficient (Wildman–Crippen LogP) is 2.58. The Morgan fingerprint density at radius 3 is 1.11 bits per heavy atom. The smallest absolute Gasteiger partial charge is 0.0483 e. The van der Waals surface area contributed by atoms with Crippen LogP contribution in [0.25, 0.3) is 0 Å². The van der Waals surface area contributed by atoms with Gasteiger partial charge in [-0.05, 0) is 39.0 Å². The van der Waals surface area contributed by atoms with Gasteiger partial charge in [0.05, 0.1) is 0 Å². The Morgan fingerprint density at radius 2 is 1.11 bits per heavy atom. The lowest BCUT2D eigenvalue weighted by atomic mass is 10.2. The first kappa shape index (κ1) is 27.2. The Bertz CT molecular complexity index is 99.6. The molecule has 0 fully saturated rings. The lowest BCUT2D eigenvalue weighted by Gasteiger charge is -1.95. The van der Waals surface area contributed by atoms with Gasteiger partial charge in [-0.15, -0.1) is 0 Å². The van der Waals surface area contributed by atoms with Crippen molar-refractivity contribution in [2.75, 3.05) is 19.8 Å². The first-order valence-corrected chi connectivity index (χ1v) is 7.34. The van der Waals surface area contributed by atoms with Gasteiger partial charge in [0.15, 0.2) is 0 Å². The molecule has 4 nitrogen and oxygen atoms in total. The van der Waals surface area contributed by atoms with E-state index in [4.69, 9.17) is 20.4 Å². The average molecular weight is 282 g/mol. The van der Waals surface area contributed by atoms with E-state index in [1.54, 1.807) is 13.8 Å². The summed E-state index contributed by atoms with van der Waals surface area (Å²) in [6.45, 7) is 12.6. The average Bonchev–Trinajstić information content (AvgIpc) is 2.30. The second-order valence-corrected chi connectivity index (χ2v) is 4.80. The van der Waals surface area contributed by atoms with E-state index in [0.717, 1.165) is 25.7 Å². The molecule has 0 aromatic carbocycles. The summed E-state index contributed by atoms with van der Waals surface area (Å²) < 4.78 is 0. The lowest BCUT2D eigenvalue weighted by Crippen LogP contribution is -1.89. The first-order valence-electron chi connectivity index (χ1n) is 7.34. The van der Waals surface area contributed by atoms with E-state index in [9.17, 15) is 0 Å². The van der Waals surface area contributed by atoms with Crippen LogP contribution in [0.2, 0.25) is 0 Å². The van der Waals surface area contributed by atoms with Crippen LogP contribution in [0.4, 0.5) is 0 Å². The largest absolute Gasteiger partial charge is 0.396 e. The van der Waals surface area contributed by atoms with Crippen LogP contribution in [0, 0.1) is 5.92 Å². The number of hydrogen-bond donors (Lipinski definition) is 4. The number of aliphatic hydroxyl groups excluding tert-OH is 4. The molecule has 0 unspecified atom stereocenters. The molecule has 0 heterocycles. The minimum atomic E-state index is -0.167. The lowest BCUT2D eigenvalue weighted by molar-refractivity contribution is 0.216. The molecular weight excluding hydrogens is 244 g/mol. The summed E-state index contributed by atoms with van der Waals surface area (Å²) in [6, 6.07) is 0. The van der Waals surface area contributed by atoms with Crippen LogP contribution in [0.1, 0.15) is 67.2 Å². The number of hydrogen-bond acceptors (Lipinski definition) is 4. The van der Waals surface area contributed by atoms with Crippen LogP contribution >= 0.6 is 0 Å². The van der Waals surface area contributed by atoms with Crippen molar-refractivity contribution in [1.82, 2.24) is 0 Å². The van der Waals surface area contributed by atoms with Crippen molar-refractivity contribution in [1.29, 1.82) is 0 Å². The third kappa shape index (κ3) is 131. The molecule has 0 atom stereocenters. The van der Waals surface area contributed by atoms with Crippen molar-refractivity contribution in [3.63, 3.8) is 0 Å². The normalized spacial score (nSPS) is 8.84. The Hall–Kier alpha value is -0.160. The third-order valence-electron chi connectivity index (χ3n) is 1.44. The molecule has 0 aliphatic carbocycles. The van der Waals surface area contributed by atoms with Crippen molar-refractivity contribution >= 4 is 0 Å². The molecule has 0 saturated heterocycles. The van der Waals surface area contributed by atoms with E-state index in [-0.39, 0.29) is 6.10 Å². The maximum absolute atomic E-state index is 8.24. The topological polar surface area (TPSA) is 80.9 Å². The van der Waals surface area contributed by atoms with E-state index in [0.29, 0.717) is 25.7 Å². The van der Waals surface area contributed by atoms with Gasteiger partial charge in [-0.3, -0.25) is 0 Å². The van der Waals surface area contributed by atoms with Crippen LogP contribution in [-0.4, -0.2) is 46.4 Å². The van der Waals surface area contributed by atoms with E-state index in [1.165, 1.54) is 0 Å². The zero-order chi connectivity index (χ0) is 16.1. The molecule has 0 bridgehead atoms. The SMILES string of the molecule is CC(C)CCO.CC(C)O.CCCCO.CCCO. The van der Waals surface area contributed by atoms with Crippen molar-refractivity contribution < 1.29 is 20.4 Å². The van der Waals surface area contributed by atoms with Crippen LogP contribution in [-0.2, 0) is 0 Å². The fourth-order valence-electron chi connectivity index (χ4n) is 0.416. The van der Waals surface area contributed by atoms with Crippen LogP contribution in [0.3, 0.4) is 0 Å². The molecule has 0 amide bonds. The second-order valence-electron chi connectivity index (χ2n) is 4.80. The third-order valence-corrected chi connectivity index (χ3v) is 1.44. The number of rotatable bonds is 5. The highest BCUT2D eigenvalue weighted by Gasteiger charge is 1.86. The summed E-state index contributed by atoms with van der Waals surface area (Å²) in [7, 11) is 0.